The van der Waals surface area contributed by atoms with Gasteiger partial charge in [-0.05, 0) is 36.4 Å². The molecule has 0 amide bonds. The summed E-state index contributed by atoms with van der Waals surface area (Å²) in [6, 6.07) is 10.4. The van der Waals surface area contributed by atoms with Crippen molar-refractivity contribution in [2.75, 3.05) is 19.6 Å². The summed E-state index contributed by atoms with van der Waals surface area (Å²) in [5, 5.41) is 12.7. The second kappa shape index (κ2) is 6.67. The van der Waals surface area contributed by atoms with E-state index < -0.39 is 0 Å². The highest BCUT2D eigenvalue weighted by molar-refractivity contribution is 6.30. The van der Waals surface area contributed by atoms with Gasteiger partial charge in [-0.1, -0.05) is 22.0 Å². The molecule has 0 fully saturated rings. The number of anilines is 1. The summed E-state index contributed by atoms with van der Waals surface area (Å²) in [5.41, 5.74) is 7.71. The van der Waals surface area contributed by atoms with Gasteiger partial charge in [-0.15, -0.1) is 5.10 Å². The first-order chi connectivity index (χ1) is 14.1. The Morgan fingerprint density at radius 2 is 2.00 bits per heavy atom. The average molecular weight is 413 g/mol. The number of methoxy groups -OCH3 is 1. The molecule has 11 heteroatoms. The van der Waals surface area contributed by atoms with E-state index in [-0.39, 0.29) is 24.2 Å². The Labute approximate surface area is 168 Å². The smallest absolute Gasteiger partial charge is 0.282 e. The summed E-state index contributed by atoms with van der Waals surface area (Å²) in [7, 11) is 1.54. The van der Waals surface area contributed by atoms with Crippen molar-refractivity contribution in [1.29, 1.82) is 0 Å². The predicted molar refractivity (Wildman–Crippen MR) is 102 cm³/mol. The molecule has 3 heterocycles. The third-order valence-corrected chi connectivity index (χ3v) is 4.57. The number of rotatable bonds is 4. The molecule has 0 saturated carbocycles. The molecule has 0 saturated heterocycles. The normalized spacial score (nSPS) is 12.3. The number of nitrogen functional groups attached to an aromatic ring is 1. The van der Waals surface area contributed by atoms with Crippen molar-refractivity contribution in [2.45, 2.75) is 0 Å². The lowest BCUT2D eigenvalue weighted by molar-refractivity contribution is 0.174. The monoisotopic (exact) mass is 412 g/mol. The fraction of sp³-hybridized carbons (Fsp3) is 0.111. The Morgan fingerprint density at radius 3 is 2.86 bits per heavy atom. The summed E-state index contributed by atoms with van der Waals surface area (Å²) >= 11 is 6.09. The summed E-state index contributed by atoms with van der Waals surface area (Å²) < 4.78 is 22.8. The van der Waals surface area contributed by atoms with E-state index in [2.05, 4.69) is 20.5 Å². The molecule has 1 aliphatic rings. The maximum absolute atomic E-state index is 6.24. The SMILES string of the molecule is COc1ccc(Cl)cc1-n1nnc(-c2nc(-c3ccc4c(c3)OCO4)no2)c1N. The molecule has 0 radical (unpaired) electrons. The number of ether oxygens (including phenoxy) is 3. The predicted octanol–water partition coefficient (Wildman–Crippen LogP) is 2.96. The molecule has 2 aromatic carbocycles. The van der Waals surface area contributed by atoms with Crippen molar-refractivity contribution in [3.8, 4) is 45.9 Å². The van der Waals surface area contributed by atoms with Crippen molar-refractivity contribution < 1.29 is 18.7 Å². The van der Waals surface area contributed by atoms with Crippen LogP contribution in [0.25, 0.3) is 28.7 Å². The fourth-order valence-electron chi connectivity index (χ4n) is 2.92. The maximum Gasteiger partial charge on any atom is 0.282 e. The minimum Gasteiger partial charge on any atom is -0.494 e. The van der Waals surface area contributed by atoms with Gasteiger partial charge in [-0.3, -0.25) is 0 Å². The Kier molecular flexibility index (Phi) is 3.98. The molecule has 146 valence electrons. The number of aromatic nitrogens is 5. The highest BCUT2D eigenvalue weighted by Gasteiger charge is 2.22. The van der Waals surface area contributed by atoms with Gasteiger partial charge in [0.15, 0.2) is 23.0 Å². The second-order valence-electron chi connectivity index (χ2n) is 6.04. The molecular weight excluding hydrogens is 400 g/mol. The number of benzene rings is 2. The van der Waals surface area contributed by atoms with Gasteiger partial charge in [0.2, 0.25) is 12.6 Å². The van der Waals surface area contributed by atoms with E-state index in [9.17, 15) is 0 Å². The third kappa shape index (κ3) is 2.90. The van der Waals surface area contributed by atoms with Crippen LogP contribution in [0.5, 0.6) is 17.2 Å². The first-order valence-corrected chi connectivity index (χ1v) is 8.81. The van der Waals surface area contributed by atoms with Crippen molar-refractivity contribution in [3.63, 3.8) is 0 Å². The number of halogens is 1. The van der Waals surface area contributed by atoms with Crippen LogP contribution in [0, 0.1) is 0 Å². The molecule has 29 heavy (non-hydrogen) atoms. The van der Waals surface area contributed by atoms with Crippen LogP contribution >= 0.6 is 11.6 Å². The number of hydrogen-bond acceptors (Lipinski definition) is 9. The first kappa shape index (κ1) is 17.3. The topological polar surface area (TPSA) is 123 Å². The summed E-state index contributed by atoms with van der Waals surface area (Å²) in [4.78, 5) is 4.38. The van der Waals surface area contributed by atoms with E-state index in [0.29, 0.717) is 39.3 Å². The minimum atomic E-state index is 0.127. The number of nitrogens with zero attached hydrogens (tertiary/aromatic N) is 5. The Bertz CT molecular complexity index is 1220. The van der Waals surface area contributed by atoms with Gasteiger partial charge in [0.1, 0.15) is 11.4 Å². The highest BCUT2D eigenvalue weighted by Crippen LogP contribution is 2.36. The summed E-state index contributed by atoms with van der Waals surface area (Å²) in [5.74, 6) is 2.50. The molecule has 0 atom stereocenters. The molecule has 5 rings (SSSR count). The largest absolute Gasteiger partial charge is 0.494 e. The van der Waals surface area contributed by atoms with Gasteiger partial charge in [-0.2, -0.15) is 9.67 Å². The van der Waals surface area contributed by atoms with Crippen LogP contribution in [0.3, 0.4) is 0 Å². The third-order valence-electron chi connectivity index (χ3n) is 4.33. The van der Waals surface area contributed by atoms with E-state index in [0.717, 1.165) is 0 Å². The molecule has 2 N–H and O–H groups in total. The Balaban J connectivity index is 1.52. The number of nitrogens with two attached hydrogens (primary N) is 1. The van der Waals surface area contributed by atoms with Gasteiger partial charge in [0.25, 0.3) is 5.89 Å². The van der Waals surface area contributed by atoms with Crippen molar-refractivity contribution >= 4 is 17.4 Å². The second-order valence-corrected chi connectivity index (χ2v) is 6.48. The van der Waals surface area contributed by atoms with Crippen LogP contribution in [0.15, 0.2) is 40.9 Å². The molecule has 0 unspecified atom stereocenters. The average Bonchev–Trinajstić information content (AvgIpc) is 3.46. The van der Waals surface area contributed by atoms with E-state index in [1.54, 1.807) is 36.4 Å². The lowest BCUT2D eigenvalue weighted by atomic mass is 10.2. The van der Waals surface area contributed by atoms with E-state index in [1.165, 1.54) is 11.8 Å². The highest BCUT2D eigenvalue weighted by atomic mass is 35.5. The van der Waals surface area contributed by atoms with Crippen LogP contribution in [-0.4, -0.2) is 39.0 Å². The van der Waals surface area contributed by atoms with E-state index >= 15 is 0 Å². The first-order valence-electron chi connectivity index (χ1n) is 8.43. The summed E-state index contributed by atoms with van der Waals surface area (Å²) in [6.45, 7) is 0.183. The van der Waals surface area contributed by atoms with Crippen LogP contribution < -0.4 is 19.9 Å². The maximum atomic E-state index is 6.24. The zero-order valence-electron chi connectivity index (χ0n) is 15.0. The Hall–Kier alpha value is -3.79. The Morgan fingerprint density at radius 1 is 1.14 bits per heavy atom. The number of fused-ring (bicyclic) bond motifs is 1. The van der Waals surface area contributed by atoms with Gasteiger partial charge < -0.3 is 24.5 Å². The molecule has 0 aliphatic carbocycles. The zero-order chi connectivity index (χ0) is 20.0. The van der Waals surface area contributed by atoms with E-state index in [4.69, 9.17) is 36.1 Å². The summed E-state index contributed by atoms with van der Waals surface area (Å²) in [6.07, 6.45) is 0. The molecule has 0 bridgehead atoms. The lowest BCUT2D eigenvalue weighted by Gasteiger charge is -2.09. The van der Waals surface area contributed by atoms with Gasteiger partial charge in [0, 0.05) is 10.6 Å². The minimum absolute atomic E-state index is 0.127. The molecule has 4 aromatic rings. The van der Waals surface area contributed by atoms with E-state index in [1.807, 2.05) is 0 Å². The van der Waals surface area contributed by atoms with Crippen molar-refractivity contribution in [1.82, 2.24) is 25.1 Å². The molecule has 1 aliphatic heterocycles. The molecule has 0 spiro atoms. The zero-order valence-corrected chi connectivity index (χ0v) is 15.8. The van der Waals surface area contributed by atoms with Crippen molar-refractivity contribution in [2.24, 2.45) is 0 Å². The standard InChI is InChI=1S/C18H13ClN6O4/c1-26-12-5-3-10(19)7-11(12)25-16(20)15(22-24-25)18-21-17(23-29-18)9-2-4-13-14(6-9)28-8-27-13/h2-7H,8,20H2,1H3. The number of hydrogen-bond donors (Lipinski definition) is 1. The molecule has 10 nitrogen and oxygen atoms in total. The van der Waals surface area contributed by atoms with Gasteiger partial charge >= 0.3 is 0 Å². The molecular formula is C18H13ClN6O4. The van der Waals surface area contributed by atoms with Crippen LogP contribution in [0.1, 0.15) is 0 Å². The van der Waals surface area contributed by atoms with Crippen LogP contribution in [0.2, 0.25) is 5.02 Å². The van der Waals surface area contributed by atoms with Crippen LogP contribution in [0.4, 0.5) is 5.82 Å². The van der Waals surface area contributed by atoms with Gasteiger partial charge in [-0.25, -0.2) is 0 Å². The lowest BCUT2D eigenvalue weighted by Crippen LogP contribution is -2.04. The molecule has 2 aromatic heterocycles. The van der Waals surface area contributed by atoms with Crippen molar-refractivity contribution in [3.05, 3.63) is 41.4 Å². The quantitative estimate of drug-likeness (QED) is 0.538. The van der Waals surface area contributed by atoms with Crippen LogP contribution in [-0.2, 0) is 0 Å². The fourth-order valence-corrected chi connectivity index (χ4v) is 3.09. The van der Waals surface area contributed by atoms with Gasteiger partial charge in [0.05, 0.1) is 7.11 Å².